The number of benzene rings is 1. The fraction of sp³-hybridized carbons (Fsp3) is 0.400. The number of nitrogens with zero attached hydrogens (tertiary/aromatic N) is 1. The second-order valence-electron chi connectivity index (χ2n) is 4.63. The van der Waals surface area contributed by atoms with Crippen molar-refractivity contribution in [1.29, 1.82) is 0 Å². The summed E-state index contributed by atoms with van der Waals surface area (Å²) in [5.74, 6) is 0. The predicted octanol–water partition coefficient (Wildman–Crippen LogP) is 3.51. The summed E-state index contributed by atoms with van der Waals surface area (Å²) in [4.78, 5) is 4.13. The van der Waals surface area contributed by atoms with Crippen LogP contribution in [0, 0.1) is 0 Å². The molecule has 0 radical (unpaired) electrons. The molecule has 0 aliphatic carbocycles. The molecule has 1 N–H and O–H groups in total. The fourth-order valence-corrected chi connectivity index (χ4v) is 2.07. The molecule has 0 unspecified atom stereocenters. The van der Waals surface area contributed by atoms with Crippen molar-refractivity contribution < 1.29 is 0 Å². The third kappa shape index (κ3) is 3.27. The van der Waals surface area contributed by atoms with Gasteiger partial charge < -0.3 is 5.32 Å². The van der Waals surface area contributed by atoms with Gasteiger partial charge in [-0.15, -0.1) is 0 Å². The highest BCUT2D eigenvalue weighted by Crippen LogP contribution is 2.14. The van der Waals surface area contributed by atoms with Crippen molar-refractivity contribution in [1.82, 2.24) is 10.3 Å². The second kappa shape index (κ2) is 5.78. The lowest BCUT2D eigenvalue weighted by Crippen LogP contribution is -2.24. The number of aromatic nitrogens is 1. The summed E-state index contributed by atoms with van der Waals surface area (Å²) in [5, 5.41) is 6.02. The quantitative estimate of drug-likeness (QED) is 0.847. The lowest BCUT2D eigenvalue weighted by Gasteiger charge is -2.12. The summed E-state index contributed by atoms with van der Waals surface area (Å²) in [5.41, 5.74) is 1.34. The summed E-state index contributed by atoms with van der Waals surface area (Å²) >= 11 is 0. The Morgan fingerprint density at radius 3 is 2.94 bits per heavy atom. The second-order valence-corrected chi connectivity index (χ2v) is 4.63. The van der Waals surface area contributed by atoms with Crippen molar-refractivity contribution >= 4 is 10.8 Å². The number of fused-ring (bicyclic) bond motifs is 1. The minimum Gasteiger partial charge on any atom is -0.310 e. The molecule has 0 aliphatic heterocycles. The van der Waals surface area contributed by atoms with Crippen molar-refractivity contribution in [2.24, 2.45) is 0 Å². The number of hydrogen-bond acceptors (Lipinski definition) is 2. The molecular weight excluding hydrogens is 208 g/mol. The van der Waals surface area contributed by atoms with Gasteiger partial charge in [0.15, 0.2) is 0 Å². The SMILES string of the molecule is CCC[C@@H](C)NCc1ccc2cnccc2c1. The normalized spacial score (nSPS) is 12.8. The Morgan fingerprint density at radius 2 is 2.12 bits per heavy atom. The van der Waals surface area contributed by atoms with Gasteiger partial charge in [0.05, 0.1) is 0 Å². The first-order valence-electron chi connectivity index (χ1n) is 6.35. The van der Waals surface area contributed by atoms with E-state index in [-0.39, 0.29) is 0 Å². The highest BCUT2D eigenvalue weighted by atomic mass is 14.9. The van der Waals surface area contributed by atoms with Crippen molar-refractivity contribution in [3.63, 3.8) is 0 Å². The van der Waals surface area contributed by atoms with Crippen molar-refractivity contribution in [2.45, 2.75) is 39.3 Å². The Balaban J connectivity index is 2.04. The topological polar surface area (TPSA) is 24.9 Å². The molecule has 1 aromatic heterocycles. The number of rotatable bonds is 5. The minimum absolute atomic E-state index is 0.591. The van der Waals surface area contributed by atoms with E-state index in [1.165, 1.54) is 29.2 Å². The van der Waals surface area contributed by atoms with Crippen LogP contribution in [0.2, 0.25) is 0 Å². The number of pyridine rings is 1. The summed E-state index contributed by atoms with van der Waals surface area (Å²) in [6.07, 6.45) is 6.22. The van der Waals surface area contributed by atoms with Crippen LogP contribution in [-0.4, -0.2) is 11.0 Å². The monoisotopic (exact) mass is 228 g/mol. The molecule has 17 heavy (non-hydrogen) atoms. The molecule has 2 aromatic rings. The van der Waals surface area contributed by atoms with Crippen LogP contribution in [0.15, 0.2) is 36.7 Å². The van der Waals surface area contributed by atoms with Gasteiger partial charge >= 0.3 is 0 Å². The van der Waals surface area contributed by atoms with Gasteiger partial charge in [-0.1, -0.05) is 25.5 Å². The van der Waals surface area contributed by atoms with Crippen LogP contribution in [0.1, 0.15) is 32.3 Å². The van der Waals surface area contributed by atoms with Gasteiger partial charge in [0.2, 0.25) is 0 Å². The van der Waals surface area contributed by atoms with Gasteiger partial charge in [0.1, 0.15) is 0 Å². The molecule has 2 heteroatoms. The maximum atomic E-state index is 4.13. The molecule has 0 amide bonds. The molecule has 2 nitrogen and oxygen atoms in total. The van der Waals surface area contributed by atoms with Crippen molar-refractivity contribution in [2.75, 3.05) is 0 Å². The van der Waals surface area contributed by atoms with E-state index in [1.807, 2.05) is 12.4 Å². The van der Waals surface area contributed by atoms with Crippen molar-refractivity contribution in [3.05, 3.63) is 42.2 Å². The van der Waals surface area contributed by atoms with Crippen LogP contribution < -0.4 is 5.32 Å². The van der Waals surface area contributed by atoms with E-state index in [1.54, 1.807) is 0 Å². The molecule has 0 aliphatic rings. The third-order valence-electron chi connectivity index (χ3n) is 3.08. The number of hydrogen-bond donors (Lipinski definition) is 1. The summed E-state index contributed by atoms with van der Waals surface area (Å²) < 4.78 is 0. The molecule has 0 saturated carbocycles. The van der Waals surface area contributed by atoms with Crippen LogP contribution >= 0.6 is 0 Å². The zero-order valence-corrected chi connectivity index (χ0v) is 10.6. The van der Waals surface area contributed by atoms with E-state index in [2.05, 4.69) is 48.4 Å². The van der Waals surface area contributed by atoms with Gasteiger partial charge in [-0.05, 0) is 36.4 Å². The largest absolute Gasteiger partial charge is 0.310 e. The highest BCUT2D eigenvalue weighted by Gasteiger charge is 2.00. The van der Waals surface area contributed by atoms with E-state index in [0.717, 1.165) is 6.54 Å². The molecular formula is C15H20N2. The molecule has 1 atom stereocenters. The Bertz CT molecular complexity index is 479. The van der Waals surface area contributed by atoms with E-state index in [4.69, 9.17) is 0 Å². The van der Waals surface area contributed by atoms with Crippen LogP contribution in [0.5, 0.6) is 0 Å². The van der Waals surface area contributed by atoms with Crippen LogP contribution in [0.25, 0.3) is 10.8 Å². The first-order valence-corrected chi connectivity index (χ1v) is 6.35. The van der Waals surface area contributed by atoms with E-state index < -0.39 is 0 Å². The smallest absolute Gasteiger partial charge is 0.0346 e. The van der Waals surface area contributed by atoms with Gasteiger partial charge in [0, 0.05) is 30.4 Å². The third-order valence-corrected chi connectivity index (χ3v) is 3.08. The Labute approximate surface area is 103 Å². The molecule has 90 valence electrons. The molecule has 0 spiro atoms. The zero-order valence-electron chi connectivity index (χ0n) is 10.6. The molecule has 0 fully saturated rings. The van der Waals surface area contributed by atoms with Crippen molar-refractivity contribution in [3.8, 4) is 0 Å². The predicted molar refractivity (Wildman–Crippen MR) is 73.0 cm³/mol. The van der Waals surface area contributed by atoms with Crippen LogP contribution in [0.3, 0.4) is 0 Å². The highest BCUT2D eigenvalue weighted by molar-refractivity contribution is 5.81. The molecule has 0 bridgehead atoms. The average Bonchev–Trinajstić information content (AvgIpc) is 2.36. The van der Waals surface area contributed by atoms with Gasteiger partial charge in [-0.25, -0.2) is 0 Å². The summed E-state index contributed by atoms with van der Waals surface area (Å²) in [6, 6.07) is 9.21. The molecule has 1 aromatic carbocycles. The lowest BCUT2D eigenvalue weighted by atomic mass is 10.1. The molecule has 1 heterocycles. The van der Waals surface area contributed by atoms with E-state index in [0.29, 0.717) is 6.04 Å². The van der Waals surface area contributed by atoms with Crippen LogP contribution in [0.4, 0.5) is 0 Å². The van der Waals surface area contributed by atoms with Gasteiger partial charge in [0.25, 0.3) is 0 Å². The Morgan fingerprint density at radius 1 is 1.24 bits per heavy atom. The Kier molecular flexibility index (Phi) is 4.10. The fourth-order valence-electron chi connectivity index (χ4n) is 2.07. The molecule has 2 rings (SSSR count). The maximum absolute atomic E-state index is 4.13. The standard InChI is InChI=1S/C15H20N2/c1-3-4-12(2)17-10-13-5-6-15-11-16-8-7-14(15)9-13/h5-9,11-12,17H,3-4,10H2,1-2H3/t12-/m1/s1. The van der Waals surface area contributed by atoms with E-state index >= 15 is 0 Å². The lowest BCUT2D eigenvalue weighted by molar-refractivity contribution is 0.508. The summed E-state index contributed by atoms with van der Waals surface area (Å²) in [6.45, 7) is 5.41. The maximum Gasteiger partial charge on any atom is 0.0346 e. The average molecular weight is 228 g/mol. The minimum atomic E-state index is 0.591. The summed E-state index contributed by atoms with van der Waals surface area (Å²) in [7, 11) is 0. The zero-order chi connectivity index (χ0) is 12.1. The van der Waals surface area contributed by atoms with Gasteiger partial charge in [-0.2, -0.15) is 0 Å². The van der Waals surface area contributed by atoms with E-state index in [9.17, 15) is 0 Å². The number of nitrogens with one attached hydrogen (secondary N) is 1. The molecule has 0 saturated heterocycles. The van der Waals surface area contributed by atoms with Gasteiger partial charge in [-0.3, -0.25) is 4.98 Å². The first-order chi connectivity index (χ1) is 8.29. The first kappa shape index (κ1) is 12.1. The Hall–Kier alpha value is -1.41. The van der Waals surface area contributed by atoms with Crippen LogP contribution in [-0.2, 0) is 6.54 Å².